The van der Waals surface area contributed by atoms with E-state index < -0.39 is 0 Å². The van der Waals surface area contributed by atoms with Gasteiger partial charge in [0.1, 0.15) is 11.6 Å². The highest BCUT2D eigenvalue weighted by molar-refractivity contribution is 9.10. The van der Waals surface area contributed by atoms with Gasteiger partial charge < -0.3 is 10.1 Å². The molecule has 0 aliphatic carbocycles. The van der Waals surface area contributed by atoms with E-state index in [1.165, 1.54) is 6.07 Å². The van der Waals surface area contributed by atoms with Crippen LogP contribution in [-0.4, -0.2) is 6.61 Å². The maximum absolute atomic E-state index is 13.9. The third kappa shape index (κ3) is 3.51. The van der Waals surface area contributed by atoms with Crippen molar-refractivity contribution in [3.8, 4) is 5.75 Å². The summed E-state index contributed by atoms with van der Waals surface area (Å²) >= 11 is 3.25. The minimum Gasteiger partial charge on any atom is -0.494 e. The lowest BCUT2D eigenvalue weighted by atomic mass is 10.1. The van der Waals surface area contributed by atoms with Gasteiger partial charge in [-0.2, -0.15) is 0 Å². The monoisotopic (exact) mass is 337 g/mol. The Hall–Kier alpha value is -1.55. The summed E-state index contributed by atoms with van der Waals surface area (Å²) < 4.78 is 20.2. The third-order valence-corrected chi connectivity index (χ3v) is 3.48. The normalized spacial score (nSPS) is 12.0. The van der Waals surface area contributed by atoms with Gasteiger partial charge >= 0.3 is 0 Å². The first-order valence-electron chi connectivity index (χ1n) is 6.55. The van der Waals surface area contributed by atoms with Gasteiger partial charge in [-0.25, -0.2) is 4.39 Å². The largest absolute Gasteiger partial charge is 0.494 e. The highest BCUT2D eigenvalue weighted by Crippen LogP contribution is 2.29. The maximum Gasteiger partial charge on any atom is 0.147 e. The molecule has 1 N–H and O–H groups in total. The molecule has 1 unspecified atom stereocenters. The number of anilines is 1. The number of nitrogens with one attached hydrogen (secondary N) is 1. The molecule has 2 aromatic rings. The molecule has 0 spiro atoms. The van der Waals surface area contributed by atoms with E-state index in [0.29, 0.717) is 12.3 Å². The third-order valence-electron chi connectivity index (χ3n) is 2.99. The van der Waals surface area contributed by atoms with E-state index in [1.807, 2.05) is 44.2 Å². The summed E-state index contributed by atoms with van der Waals surface area (Å²) in [5.74, 6) is 0.549. The van der Waals surface area contributed by atoms with Gasteiger partial charge in [0, 0.05) is 10.0 Å². The number of halogens is 2. The Balaban J connectivity index is 2.21. The molecule has 2 aromatic carbocycles. The number of hydrogen-bond acceptors (Lipinski definition) is 2. The number of benzene rings is 2. The van der Waals surface area contributed by atoms with Gasteiger partial charge in [-0.15, -0.1) is 0 Å². The van der Waals surface area contributed by atoms with Crippen molar-refractivity contribution in [1.82, 2.24) is 0 Å². The van der Waals surface area contributed by atoms with Crippen molar-refractivity contribution in [2.45, 2.75) is 19.9 Å². The zero-order valence-corrected chi connectivity index (χ0v) is 13.1. The van der Waals surface area contributed by atoms with E-state index in [1.54, 1.807) is 6.07 Å². The summed E-state index contributed by atoms with van der Waals surface area (Å²) in [5, 5.41) is 3.18. The van der Waals surface area contributed by atoms with Crippen molar-refractivity contribution >= 4 is 21.6 Å². The summed E-state index contributed by atoms with van der Waals surface area (Å²) in [5.41, 5.74) is 1.49. The molecule has 1 atom stereocenters. The van der Waals surface area contributed by atoms with Crippen LogP contribution in [0.2, 0.25) is 0 Å². The Morgan fingerprint density at radius 3 is 2.70 bits per heavy atom. The smallest absolute Gasteiger partial charge is 0.147 e. The SMILES string of the molecule is CCOc1ccccc1C(C)Nc1ccc(Br)cc1F. The van der Waals surface area contributed by atoms with E-state index in [9.17, 15) is 4.39 Å². The van der Waals surface area contributed by atoms with Crippen LogP contribution in [0, 0.1) is 5.82 Å². The molecule has 0 bridgehead atoms. The molecule has 0 heterocycles. The van der Waals surface area contributed by atoms with Crippen LogP contribution in [0.5, 0.6) is 5.75 Å². The van der Waals surface area contributed by atoms with E-state index in [2.05, 4.69) is 21.2 Å². The van der Waals surface area contributed by atoms with Crippen molar-refractivity contribution in [3.05, 3.63) is 58.3 Å². The second-order valence-electron chi connectivity index (χ2n) is 4.46. The lowest BCUT2D eigenvalue weighted by Gasteiger charge is -2.19. The molecule has 0 aromatic heterocycles. The second-order valence-corrected chi connectivity index (χ2v) is 5.38. The lowest BCUT2D eigenvalue weighted by molar-refractivity contribution is 0.335. The van der Waals surface area contributed by atoms with Gasteiger partial charge in [0.25, 0.3) is 0 Å². The van der Waals surface area contributed by atoms with E-state index in [4.69, 9.17) is 4.74 Å². The first-order chi connectivity index (χ1) is 9.61. The van der Waals surface area contributed by atoms with Crippen LogP contribution >= 0.6 is 15.9 Å². The van der Waals surface area contributed by atoms with Crippen molar-refractivity contribution in [2.75, 3.05) is 11.9 Å². The molecule has 2 nitrogen and oxygen atoms in total. The van der Waals surface area contributed by atoms with E-state index in [-0.39, 0.29) is 11.9 Å². The average molecular weight is 338 g/mol. The van der Waals surface area contributed by atoms with Crippen LogP contribution in [-0.2, 0) is 0 Å². The fourth-order valence-electron chi connectivity index (χ4n) is 2.04. The highest BCUT2D eigenvalue weighted by atomic mass is 79.9. The van der Waals surface area contributed by atoms with Crippen LogP contribution in [0.3, 0.4) is 0 Å². The van der Waals surface area contributed by atoms with E-state index >= 15 is 0 Å². The van der Waals surface area contributed by atoms with Crippen LogP contribution in [0.4, 0.5) is 10.1 Å². The zero-order valence-electron chi connectivity index (χ0n) is 11.5. The molecule has 20 heavy (non-hydrogen) atoms. The number of ether oxygens (including phenoxy) is 1. The Kier molecular flexibility index (Phi) is 5.01. The Bertz CT molecular complexity index is 588. The fourth-order valence-corrected chi connectivity index (χ4v) is 2.38. The second kappa shape index (κ2) is 6.75. The maximum atomic E-state index is 13.9. The van der Waals surface area contributed by atoms with Crippen LogP contribution in [0.15, 0.2) is 46.9 Å². The van der Waals surface area contributed by atoms with Gasteiger partial charge in [-0.1, -0.05) is 34.1 Å². The van der Waals surface area contributed by atoms with Crippen molar-refractivity contribution in [3.63, 3.8) is 0 Å². The van der Waals surface area contributed by atoms with Gasteiger partial charge in [0.2, 0.25) is 0 Å². The minimum absolute atomic E-state index is 0.0478. The van der Waals surface area contributed by atoms with Crippen molar-refractivity contribution in [2.24, 2.45) is 0 Å². The predicted octanol–water partition coefficient (Wildman–Crippen LogP) is 5.16. The molecule has 0 fully saturated rings. The molecule has 106 valence electrons. The summed E-state index contributed by atoms with van der Waals surface area (Å²) in [6, 6.07) is 12.7. The number of para-hydroxylation sites is 1. The molecular formula is C16H17BrFNO. The first kappa shape index (κ1) is 14.9. The van der Waals surface area contributed by atoms with Crippen molar-refractivity contribution < 1.29 is 9.13 Å². The zero-order chi connectivity index (χ0) is 14.5. The van der Waals surface area contributed by atoms with Gasteiger partial charge in [-0.3, -0.25) is 0 Å². The summed E-state index contributed by atoms with van der Waals surface area (Å²) in [6.45, 7) is 4.54. The summed E-state index contributed by atoms with van der Waals surface area (Å²) in [4.78, 5) is 0. The summed E-state index contributed by atoms with van der Waals surface area (Å²) in [6.07, 6.45) is 0. The number of rotatable bonds is 5. The molecule has 2 rings (SSSR count). The molecule has 0 amide bonds. The first-order valence-corrected chi connectivity index (χ1v) is 7.34. The van der Waals surface area contributed by atoms with Crippen LogP contribution < -0.4 is 10.1 Å². The van der Waals surface area contributed by atoms with Crippen LogP contribution in [0.1, 0.15) is 25.5 Å². The molecule has 0 aliphatic heterocycles. The number of hydrogen-bond donors (Lipinski definition) is 1. The van der Waals surface area contributed by atoms with Gasteiger partial charge in [-0.05, 0) is 38.1 Å². The Labute approximate surface area is 127 Å². The van der Waals surface area contributed by atoms with Crippen molar-refractivity contribution in [1.29, 1.82) is 0 Å². The predicted molar refractivity (Wildman–Crippen MR) is 83.7 cm³/mol. The molecular weight excluding hydrogens is 321 g/mol. The Morgan fingerprint density at radius 2 is 2.00 bits per heavy atom. The molecule has 4 heteroatoms. The van der Waals surface area contributed by atoms with Gasteiger partial charge in [0.05, 0.1) is 18.3 Å². The average Bonchev–Trinajstić information content (AvgIpc) is 2.43. The van der Waals surface area contributed by atoms with Gasteiger partial charge in [0.15, 0.2) is 0 Å². The van der Waals surface area contributed by atoms with E-state index in [0.717, 1.165) is 15.8 Å². The quantitative estimate of drug-likeness (QED) is 0.813. The molecule has 0 aliphatic rings. The fraction of sp³-hybridized carbons (Fsp3) is 0.250. The Morgan fingerprint density at radius 1 is 1.25 bits per heavy atom. The minimum atomic E-state index is -0.278. The standard InChI is InChI=1S/C16H17BrFNO/c1-3-20-16-7-5-4-6-13(16)11(2)19-15-9-8-12(17)10-14(15)18/h4-11,19H,3H2,1-2H3. The lowest BCUT2D eigenvalue weighted by Crippen LogP contribution is -2.10. The molecule has 0 saturated carbocycles. The molecule has 0 radical (unpaired) electrons. The molecule has 0 saturated heterocycles. The van der Waals surface area contributed by atoms with Crippen LogP contribution in [0.25, 0.3) is 0 Å². The highest BCUT2D eigenvalue weighted by Gasteiger charge is 2.13. The topological polar surface area (TPSA) is 21.3 Å². The summed E-state index contributed by atoms with van der Waals surface area (Å²) in [7, 11) is 0.